The molecule has 1 heterocycles. The largest absolute Gasteiger partial charge is 0.358 e. The molecule has 2 aromatic rings. The van der Waals surface area contributed by atoms with Gasteiger partial charge in [0.05, 0.1) is 0 Å². The SMILES string of the molecule is CN(C)C1CCc2[nH]c3cc(Br)ccc3c2C1. The van der Waals surface area contributed by atoms with Crippen LogP contribution in [0, 0.1) is 0 Å². The predicted octanol–water partition coefficient (Wildman–Crippen LogP) is 3.35. The summed E-state index contributed by atoms with van der Waals surface area (Å²) in [5, 5.41) is 1.40. The summed E-state index contributed by atoms with van der Waals surface area (Å²) in [7, 11) is 4.36. The van der Waals surface area contributed by atoms with Crippen molar-refractivity contribution in [1.29, 1.82) is 0 Å². The molecule has 3 rings (SSSR count). The topological polar surface area (TPSA) is 19.0 Å². The first-order valence-electron chi connectivity index (χ1n) is 6.10. The molecule has 0 saturated heterocycles. The van der Waals surface area contributed by atoms with Crippen LogP contribution >= 0.6 is 15.9 Å². The van der Waals surface area contributed by atoms with E-state index in [9.17, 15) is 0 Å². The number of nitrogens with one attached hydrogen (secondary N) is 1. The van der Waals surface area contributed by atoms with Gasteiger partial charge >= 0.3 is 0 Å². The second-order valence-electron chi connectivity index (χ2n) is 5.13. The number of hydrogen-bond acceptors (Lipinski definition) is 1. The Hall–Kier alpha value is -0.800. The van der Waals surface area contributed by atoms with Crippen LogP contribution in [0.4, 0.5) is 0 Å². The molecule has 1 unspecified atom stereocenters. The van der Waals surface area contributed by atoms with E-state index in [4.69, 9.17) is 0 Å². The highest BCUT2D eigenvalue weighted by molar-refractivity contribution is 9.10. The second-order valence-corrected chi connectivity index (χ2v) is 6.05. The maximum atomic E-state index is 3.57. The van der Waals surface area contributed by atoms with Crippen molar-refractivity contribution < 1.29 is 0 Å². The second kappa shape index (κ2) is 4.14. The number of halogens is 1. The van der Waals surface area contributed by atoms with Crippen molar-refractivity contribution in [2.75, 3.05) is 14.1 Å². The number of hydrogen-bond donors (Lipinski definition) is 1. The zero-order chi connectivity index (χ0) is 12.0. The van der Waals surface area contributed by atoms with Gasteiger partial charge in [0.2, 0.25) is 0 Å². The third-order valence-electron chi connectivity index (χ3n) is 3.85. The van der Waals surface area contributed by atoms with Gasteiger partial charge in [-0.05, 0) is 51.1 Å². The first-order valence-corrected chi connectivity index (χ1v) is 6.90. The molecule has 0 amide bonds. The maximum Gasteiger partial charge on any atom is 0.0470 e. The van der Waals surface area contributed by atoms with Gasteiger partial charge in [-0.2, -0.15) is 0 Å². The Morgan fingerprint density at radius 1 is 1.35 bits per heavy atom. The van der Waals surface area contributed by atoms with Crippen LogP contribution in [0.5, 0.6) is 0 Å². The number of aromatic amines is 1. The van der Waals surface area contributed by atoms with Gasteiger partial charge in [0.25, 0.3) is 0 Å². The molecule has 1 aromatic heterocycles. The van der Waals surface area contributed by atoms with Crippen molar-refractivity contribution in [3.8, 4) is 0 Å². The summed E-state index contributed by atoms with van der Waals surface area (Å²) in [5.41, 5.74) is 4.23. The minimum atomic E-state index is 0.685. The lowest BCUT2D eigenvalue weighted by Gasteiger charge is -2.28. The fraction of sp³-hybridized carbons (Fsp3) is 0.429. The molecule has 0 radical (unpaired) electrons. The summed E-state index contributed by atoms with van der Waals surface area (Å²) in [6.45, 7) is 0. The van der Waals surface area contributed by atoms with Crippen molar-refractivity contribution in [3.63, 3.8) is 0 Å². The molecular weight excluding hydrogens is 276 g/mol. The molecule has 3 heteroatoms. The van der Waals surface area contributed by atoms with E-state index in [-0.39, 0.29) is 0 Å². The van der Waals surface area contributed by atoms with E-state index < -0.39 is 0 Å². The van der Waals surface area contributed by atoms with E-state index >= 15 is 0 Å². The maximum absolute atomic E-state index is 3.57. The number of fused-ring (bicyclic) bond motifs is 3. The van der Waals surface area contributed by atoms with Crippen LogP contribution in [-0.2, 0) is 12.8 Å². The van der Waals surface area contributed by atoms with Gasteiger partial charge in [0.15, 0.2) is 0 Å². The molecule has 0 fully saturated rings. The molecule has 17 heavy (non-hydrogen) atoms. The van der Waals surface area contributed by atoms with Crippen molar-refractivity contribution in [2.45, 2.75) is 25.3 Å². The third kappa shape index (κ3) is 1.91. The van der Waals surface area contributed by atoms with Gasteiger partial charge in [0.1, 0.15) is 0 Å². The van der Waals surface area contributed by atoms with Gasteiger partial charge in [-0.1, -0.05) is 22.0 Å². The quantitative estimate of drug-likeness (QED) is 0.854. The Kier molecular flexibility index (Phi) is 2.75. The highest BCUT2D eigenvalue weighted by Gasteiger charge is 2.23. The molecule has 1 aliphatic rings. The molecule has 1 atom stereocenters. The minimum absolute atomic E-state index is 0.685. The molecule has 90 valence electrons. The Bertz CT molecular complexity index is 557. The van der Waals surface area contributed by atoms with Crippen LogP contribution in [0.15, 0.2) is 22.7 Å². The van der Waals surface area contributed by atoms with E-state index in [1.165, 1.54) is 41.4 Å². The Labute approximate surface area is 110 Å². The summed E-state index contributed by atoms with van der Waals surface area (Å²) in [5.74, 6) is 0. The van der Waals surface area contributed by atoms with Crippen LogP contribution in [0.1, 0.15) is 17.7 Å². The van der Waals surface area contributed by atoms with Crippen LogP contribution in [0.3, 0.4) is 0 Å². The smallest absolute Gasteiger partial charge is 0.0470 e. The van der Waals surface area contributed by atoms with Gasteiger partial charge in [0, 0.05) is 27.1 Å². The average Bonchev–Trinajstić information content (AvgIpc) is 2.64. The monoisotopic (exact) mass is 292 g/mol. The standard InChI is InChI=1S/C14H17BrN2/c1-17(2)10-4-6-13-12(8-10)11-5-3-9(15)7-14(11)16-13/h3,5,7,10,16H,4,6,8H2,1-2H3. The fourth-order valence-electron chi connectivity index (χ4n) is 2.82. The van der Waals surface area contributed by atoms with E-state index in [0.29, 0.717) is 6.04 Å². The van der Waals surface area contributed by atoms with Crippen molar-refractivity contribution in [2.24, 2.45) is 0 Å². The van der Waals surface area contributed by atoms with Crippen LogP contribution < -0.4 is 0 Å². The van der Waals surface area contributed by atoms with Gasteiger partial charge in [-0.15, -0.1) is 0 Å². The van der Waals surface area contributed by atoms with Crippen molar-refractivity contribution in [3.05, 3.63) is 33.9 Å². The zero-order valence-electron chi connectivity index (χ0n) is 10.3. The Balaban J connectivity index is 2.09. The molecular formula is C14H17BrN2. The molecule has 0 aliphatic heterocycles. The normalized spacial score (nSPS) is 19.9. The fourth-order valence-corrected chi connectivity index (χ4v) is 3.18. The van der Waals surface area contributed by atoms with E-state index in [2.05, 4.69) is 58.1 Å². The van der Waals surface area contributed by atoms with Crippen molar-refractivity contribution >= 4 is 26.8 Å². The number of aryl methyl sites for hydroxylation is 1. The number of H-pyrrole nitrogens is 1. The van der Waals surface area contributed by atoms with E-state index in [1.807, 2.05) is 0 Å². The average molecular weight is 293 g/mol. The van der Waals surface area contributed by atoms with Crippen LogP contribution in [-0.4, -0.2) is 30.0 Å². The highest BCUT2D eigenvalue weighted by Crippen LogP contribution is 2.31. The van der Waals surface area contributed by atoms with Gasteiger partial charge in [-0.25, -0.2) is 0 Å². The summed E-state index contributed by atoms with van der Waals surface area (Å²) < 4.78 is 1.15. The lowest BCUT2D eigenvalue weighted by molar-refractivity contribution is 0.268. The summed E-state index contributed by atoms with van der Waals surface area (Å²) in [6, 6.07) is 7.23. The number of aromatic nitrogens is 1. The summed E-state index contributed by atoms with van der Waals surface area (Å²) >= 11 is 3.53. The Morgan fingerprint density at radius 3 is 2.94 bits per heavy atom. The highest BCUT2D eigenvalue weighted by atomic mass is 79.9. The predicted molar refractivity (Wildman–Crippen MR) is 75.5 cm³/mol. The lowest BCUT2D eigenvalue weighted by Crippen LogP contribution is -2.33. The van der Waals surface area contributed by atoms with Gasteiger partial charge < -0.3 is 9.88 Å². The first kappa shape index (κ1) is 11.3. The number of benzene rings is 1. The molecule has 0 bridgehead atoms. The molecule has 1 aromatic carbocycles. The number of likely N-dealkylation sites (N-methyl/N-ethyl adjacent to an activating group) is 1. The van der Waals surface area contributed by atoms with E-state index in [1.54, 1.807) is 0 Å². The van der Waals surface area contributed by atoms with Crippen LogP contribution in [0.2, 0.25) is 0 Å². The molecule has 2 nitrogen and oxygen atoms in total. The van der Waals surface area contributed by atoms with Crippen molar-refractivity contribution in [1.82, 2.24) is 9.88 Å². The summed E-state index contributed by atoms with van der Waals surface area (Å²) in [6.07, 6.45) is 3.60. The molecule has 1 N–H and O–H groups in total. The molecule has 0 spiro atoms. The summed E-state index contributed by atoms with van der Waals surface area (Å²) in [4.78, 5) is 5.92. The first-order chi connectivity index (χ1) is 8.15. The van der Waals surface area contributed by atoms with Gasteiger partial charge in [-0.3, -0.25) is 0 Å². The Morgan fingerprint density at radius 2 is 2.18 bits per heavy atom. The lowest BCUT2D eigenvalue weighted by atomic mass is 9.91. The number of rotatable bonds is 1. The zero-order valence-corrected chi connectivity index (χ0v) is 11.8. The third-order valence-corrected chi connectivity index (χ3v) is 4.35. The minimum Gasteiger partial charge on any atom is -0.358 e. The van der Waals surface area contributed by atoms with E-state index in [0.717, 1.165) is 4.47 Å². The number of nitrogens with zero attached hydrogens (tertiary/aromatic N) is 1. The molecule has 0 saturated carbocycles. The van der Waals surface area contributed by atoms with Crippen LogP contribution in [0.25, 0.3) is 10.9 Å². The molecule has 1 aliphatic carbocycles.